The molecular weight excluding hydrogens is 348 g/mol. The largest absolute Gasteiger partial charge is 0.493 e. The Balaban J connectivity index is 1.76. The van der Waals surface area contributed by atoms with Gasteiger partial charge < -0.3 is 14.2 Å². The van der Waals surface area contributed by atoms with Crippen molar-refractivity contribution in [1.29, 1.82) is 0 Å². The molecule has 0 aliphatic rings. The molecule has 2 amide bonds. The number of rotatable bonds is 8. The molecule has 0 saturated heterocycles. The lowest BCUT2D eigenvalue weighted by Crippen LogP contribution is -2.44. The number of carbonyl (C=O) groups is 2. The Morgan fingerprint density at radius 3 is 2.11 bits per heavy atom. The molecule has 0 unspecified atom stereocenters. The van der Waals surface area contributed by atoms with Gasteiger partial charge in [-0.25, -0.2) is 0 Å². The van der Waals surface area contributed by atoms with Crippen LogP contribution in [0.5, 0.6) is 17.2 Å². The Kier molecular flexibility index (Phi) is 7.49. The Bertz CT molecular complexity index is 774. The van der Waals surface area contributed by atoms with Crippen molar-refractivity contribution in [3.63, 3.8) is 0 Å². The van der Waals surface area contributed by atoms with Crippen LogP contribution in [0.1, 0.15) is 18.1 Å². The minimum absolute atomic E-state index is 0.0833. The topological polar surface area (TPSA) is 85.9 Å². The summed E-state index contributed by atoms with van der Waals surface area (Å²) in [5.74, 6) is 0.908. The summed E-state index contributed by atoms with van der Waals surface area (Å²) in [5, 5.41) is 0. The fourth-order valence-corrected chi connectivity index (χ4v) is 2.37. The summed E-state index contributed by atoms with van der Waals surface area (Å²) in [7, 11) is 3.07. The molecule has 0 atom stereocenters. The molecule has 2 rings (SSSR count). The zero-order valence-corrected chi connectivity index (χ0v) is 15.7. The van der Waals surface area contributed by atoms with Crippen molar-refractivity contribution < 1.29 is 23.8 Å². The summed E-state index contributed by atoms with van der Waals surface area (Å²) in [5.41, 5.74) is 6.61. The predicted octanol–water partition coefficient (Wildman–Crippen LogP) is 2.04. The van der Waals surface area contributed by atoms with Crippen LogP contribution in [-0.4, -0.2) is 32.6 Å². The Labute approximate surface area is 158 Å². The van der Waals surface area contributed by atoms with E-state index in [1.807, 2.05) is 24.3 Å². The number of carbonyl (C=O) groups excluding carboxylic acids is 2. The molecule has 2 N–H and O–H groups in total. The van der Waals surface area contributed by atoms with Crippen molar-refractivity contribution in [2.75, 3.05) is 20.8 Å². The highest BCUT2D eigenvalue weighted by Gasteiger charge is 2.10. The molecule has 0 fully saturated rings. The van der Waals surface area contributed by atoms with E-state index < -0.39 is 5.91 Å². The van der Waals surface area contributed by atoms with Crippen molar-refractivity contribution in [3.05, 3.63) is 53.6 Å². The van der Waals surface area contributed by atoms with E-state index in [0.29, 0.717) is 17.2 Å². The minimum Gasteiger partial charge on any atom is -0.493 e. The number of amides is 2. The molecule has 144 valence electrons. The maximum Gasteiger partial charge on any atom is 0.276 e. The Morgan fingerprint density at radius 1 is 0.852 bits per heavy atom. The number of aryl methyl sites for hydroxylation is 1. The number of hydrogen-bond acceptors (Lipinski definition) is 5. The number of methoxy groups -OCH3 is 2. The monoisotopic (exact) mass is 372 g/mol. The summed E-state index contributed by atoms with van der Waals surface area (Å²) in [6.07, 6.45) is 1.02. The number of hydrazine groups is 1. The lowest BCUT2D eigenvalue weighted by Gasteiger charge is -2.11. The number of benzene rings is 2. The minimum atomic E-state index is -0.449. The third-order valence-electron chi connectivity index (χ3n) is 3.86. The number of nitrogens with one attached hydrogen (secondary N) is 2. The Hall–Kier alpha value is -3.22. The van der Waals surface area contributed by atoms with Crippen molar-refractivity contribution in [3.8, 4) is 17.2 Å². The van der Waals surface area contributed by atoms with Crippen LogP contribution in [-0.2, 0) is 22.4 Å². The zero-order chi connectivity index (χ0) is 19.6. The molecule has 0 saturated carbocycles. The van der Waals surface area contributed by atoms with E-state index in [9.17, 15) is 9.59 Å². The van der Waals surface area contributed by atoms with Gasteiger partial charge in [0.2, 0.25) is 5.91 Å². The van der Waals surface area contributed by atoms with E-state index in [-0.39, 0.29) is 18.9 Å². The lowest BCUT2D eigenvalue weighted by atomic mass is 10.1. The predicted molar refractivity (Wildman–Crippen MR) is 101 cm³/mol. The molecule has 0 spiro atoms. The lowest BCUT2D eigenvalue weighted by molar-refractivity contribution is -0.129. The van der Waals surface area contributed by atoms with Gasteiger partial charge >= 0.3 is 0 Å². The molecular formula is C20H24N2O5. The van der Waals surface area contributed by atoms with Crippen molar-refractivity contribution >= 4 is 11.8 Å². The first-order chi connectivity index (χ1) is 13.0. The van der Waals surface area contributed by atoms with Crippen LogP contribution in [0.25, 0.3) is 0 Å². The summed E-state index contributed by atoms with van der Waals surface area (Å²) in [6, 6.07) is 12.7. The van der Waals surface area contributed by atoms with Crippen molar-refractivity contribution in [2.24, 2.45) is 0 Å². The van der Waals surface area contributed by atoms with E-state index in [4.69, 9.17) is 14.2 Å². The van der Waals surface area contributed by atoms with Gasteiger partial charge in [0.05, 0.1) is 20.6 Å². The summed E-state index contributed by atoms with van der Waals surface area (Å²) < 4.78 is 15.7. The van der Waals surface area contributed by atoms with Gasteiger partial charge in [-0.2, -0.15) is 0 Å². The van der Waals surface area contributed by atoms with Crippen LogP contribution in [0, 0.1) is 0 Å². The van der Waals surface area contributed by atoms with Crippen LogP contribution < -0.4 is 25.1 Å². The number of hydrogen-bond donors (Lipinski definition) is 2. The third-order valence-corrected chi connectivity index (χ3v) is 3.86. The van der Waals surface area contributed by atoms with Gasteiger partial charge in [-0.1, -0.05) is 25.1 Å². The van der Waals surface area contributed by atoms with Crippen LogP contribution in [0.2, 0.25) is 0 Å². The maximum absolute atomic E-state index is 12.0. The van der Waals surface area contributed by atoms with Crippen molar-refractivity contribution in [1.82, 2.24) is 10.9 Å². The first-order valence-electron chi connectivity index (χ1n) is 8.56. The Morgan fingerprint density at radius 2 is 1.48 bits per heavy atom. The third kappa shape index (κ3) is 6.22. The van der Waals surface area contributed by atoms with Crippen LogP contribution in [0.15, 0.2) is 42.5 Å². The molecule has 0 heterocycles. The molecule has 0 bridgehead atoms. The maximum atomic E-state index is 12.0. The first kappa shape index (κ1) is 20.1. The van der Waals surface area contributed by atoms with Gasteiger partial charge in [-0.3, -0.25) is 20.4 Å². The van der Waals surface area contributed by atoms with Gasteiger partial charge in [0.25, 0.3) is 5.91 Å². The number of ether oxygens (including phenoxy) is 3. The standard InChI is InChI=1S/C20H24N2O5/c1-4-14-5-8-16(9-6-14)27-13-20(24)22-21-19(23)12-15-7-10-17(25-2)18(11-15)26-3/h5-11H,4,12-13H2,1-3H3,(H,21,23)(H,22,24). The summed E-state index contributed by atoms with van der Waals surface area (Å²) >= 11 is 0. The van der Waals surface area contributed by atoms with Crippen molar-refractivity contribution in [2.45, 2.75) is 19.8 Å². The average molecular weight is 372 g/mol. The van der Waals surface area contributed by atoms with E-state index in [1.165, 1.54) is 12.7 Å². The quantitative estimate of drug-likeness (QED) is 0.693. The second-order valence-corrected chi connectivity index (χ2v) is 5.75. The molecule has 27 heavy (non-hydrogen) atoms. The van der Waals surface area contributed by atoms with E-state index in [1.54, 1.807) is 25.3 Å². The molecule has 2 aromatic rings. The normalized spacial score (nSPS) is 10.0. The molecule has 7 heteroatoms. The van der Waals surface area contributed by atoms with Crippen LogP contribution in [0.3, 0.4) is 0 Å². The van der Waals surface area contributed by atoms with Crippen LogP contribution in [0.4, 0.5) is 0 Å². The molecule has 0 radical (unpaired) electrons. The molecule has 2 aromatic carbocycles. The van der Waals surface area contributed by atoms with Gasteiger partial charge in [-0.15, -0.1) is 0 Å². The highest BCUT2D eigenvalue weighted by molar-refractivity contribution is 5.84. The highest BCUT2D eigenvalue weighted by atomic mass is 16.5. The molecule has 0 aliphatic carbocycles. The first-order valence-corrected chi connectivity index (χ1v) is 8.56. The van der Waals surface area contributed by atoms with Gasteiger partial charge in [-0.05, 0) is 41.8 Å². The zero-order valence-electron chi connectivity index (χ0n) is 15.7. The summed E-state index contributed by atoms with van der Waals surface area (Å²) in [4.78, 5) is 23.8. The highest BCUT2D eigenvalue weighted by Crippen LogP contribution is 2.27. The van der Waals surface area contributed by atoms with E-state index >= 15 is 0 Å². The van der Waals surface area contributed by atoms with E-state index in [2.05, 4.69) is 17.8 Å². The molecule has 7 nitrogen and oxygen atoms in total. The fraction of sp³-hybridized carbons (Fsp3) is 0.300. The molecule has 0 aliphatic heterocycles. The average Bonchev–Trinajstić information content (AvgIpc) is 2.70. The van der Waals surface area contributed by atoms with E-state index in [0.717, 1.165) is 12.0 Å². The fourth-order valence-electron chi connectivity index (χ4n) is 2.37. The van der Waals surface area contributed by atoms with Crippen LogP contribution >= 0.6 is 0 Å². The second-order valence-electron chi connectivity index (χ2n) is 5.75. The van der Waals surface area contributed by atoms with Gasteiger partial charge in [0.1, 0.15) is 5.75 Å². The molecule has 0 aromatic heterocycles. The summed E-state index contributed by atoms with van der Waals surface area (Å²) in [6.45, 7) is 1.87. The van der Waals surface area contributed by atoms with Gasteiger partial charge in [0.15, 0.2) is 18.1 Å². The SMILES string of the molecule is CCc1ccc(OCC(=O)NNC(=O)Cc2ccc(OC)c(OC)c2)cc1. The second kappa shape index (κ2) is 10.1. The van der Waals surface area contributed by atoms with Gasteiger partial charge in [0, 0.05) is 0 Å². The smallest absolute Gasteiger partial charge is 0.276 e.